The topological polar surface area (TPSA) is 122 Å². The number of aliphatic hydroxyl groups is 1. The zero-order valence-corrected chi connectivity index (χ0v) is 15.1. The third-order valence-corrected chi connectivity index (χ3v) is 5.05. The lowest BCUT2D eigenvalue weighted by molar-refractivity contribution is 0.0676. The standard InChI is InChI=1S/C14H23N5O4Si/c1-24(2,3)7-6-23-9-19-13-10(11(18-19)14(21)22)12(15-4-5-20)16-8-17-13/h8,20H,4-7,9H2,1-3H3,(H,21,22)(H,15,16,17). The van der Waals surface area contributed by atoms with Crippen molar-refractivity contribution in [2.45, 2.75) is 32.4 Å². The molecule has 0 saturated carbocycles. The Morgan fingerprint density at radius 3 is 2.75 bits per heavy atom. The summed E-state index contributed by atoms with van der Waals surface area (Å²) < 4.78 is 7.06. The van der Waals surface area contributed by atoms with Gasteiger partial charge in [0, 0.05) is 21.2 Å². The van der Waals surface area contributed by atoms with Gasteiger partial charge in [0.1, 0.15) is 18.9 Å². The highest BCUT2D eigenvalue weighted by Gasteiger charge is 2.21. The summed E-state index contributed by atoms with van der Waals surface area (Å²) in [5.74, 6) is -0.831. The van der Waals surface area contributed by atoms with Gasteiger partial charge in [-0.25, -0.2) is 19.4 Å². The van der Waals surface area contributed by atoms with Crippen LogP contribution < -0.4 is 5.32 Å². The quantitative estimate of drug-likeness (QED) is 0.454. The van der Waals surface area contributed by atoms with E-state index in [9.17, 15) is 9.90 Å². The van der Waals surface area contributed by atoms with Gasteiger partial charge in [0.05, 0.1) is 12.0 Å². The Bertz CT molecular complexity index is 713. The minimum absolute atomic E-state index is 0.0954. The summed E-state index contributed by atoms with van der Waals surface area (Å²) in [6, 6.07) is 1.01. The van der Waals surface area contributed by atoms with Gasteiger partial charge in [-0.2, -0.15) is 5.10 Å². The van der Waals surface area contributed by atoms with Crippen LogP contribution in [0.5, 0.6) is 0 Å². The number of nitrogens with zero attached hydrogens (tertiary/aromatic N) is 4. The fourth-order valence-corrected chi connectivity index (χ4v) is 2.84. The Hall–Kier alpha value is -2.04. The second kappa shape index (κ2) is 7.68. The smallest absolute Gasteiger partial charge is 0.357 e. The van der Waals surface area contributed by atoms with E-state index in [1.807, 2.05) is 0 Å². The number of hydrogen-bond donors (Lipinski definition) is 3. The molecule has 0 radical (unpaired) electrons. The summed E-state index contributed by atoms with van der Waals surface area (Å²) in [6.07, 6.45) is 1.33. The number of carbonyl (C=O) groups is 1. The Labute approximate surface area is 140 Å². The van der Waals surface area contributed by atoms with Crippen LogP contribution in [0.25, 0.3) is 11.0 Å². The summed E-state index contributed by atoms with van der Waals surface area (Å²) in [5.41, 5.74) is 0.246. The molecule has 10 heteroatoms. The minimum atomic E-state index is -1.19. The zero-order valence-electron chi connectivity index (χ0n) is 14.1. The normalized spacial score (nSPS) is 11.8. The number of anilines is 1. The van der Waals surface area contributed by atoms with Crippen LogP contribution in [0.3, 0.4) is 0 Å². The number of aromatic nitrogens is 4. The number of fused-ring (bicyclic) bond motifs is 1. The van der Waals surface area contributed by atoms with Crippen molar-refractivity contribution in [1.82, 2.24) is 19.7 Å². The maximum atomic E-state index is 11.5. The summed E-state index contributed by atoms with van der Waals surface area (Å²) in [5, 5.41) is 25.6. The van der Waals surface area contributed by atoms with Crippen LogP contribution in [0, 0.1) is 0 Å². The van der Waals surface area contributed by atoms with Gasteiger partial charge in [-0.1, -0.05) is 19.6 Å². The third-order valence-electron chi connectivity index (χ3n) is 3.35. The van der Waals surface area contributed by atoms with Crippen LogP contribution in [-0.2, 0) is 11.5 Å². The summed E-state index contributed by atoms with van der Waals surface area (Å²) in [7, 11) is -1.19. The molecule has 132 valence electrons. The van der Waals surface area contributed by atoms with Gasteiger partial charge in [-0.05, 0) is 6.04 Å². The highest BCUT2D eigenvalue weighted by Crippen LogP contribution is 2.23. The number of nitrogens with one attached hydrogen (secondary N) is 1. The average molecular weight is 353 g/mol. The Kier molecular flexibility index (Phi) is 5.86. The van der Waals surface area contributed by atoms with E-state index >= 15 is 0 Å². The molecule has 0 amide bonds. The van der Waals surface area contributed by atoms with Crippen molar-refractivity contribution >= 4 is 30.9 Å². The molecule has 24 heavy (non-hydrogen) atoms. The van der Waals surface area contributed by atoms with Crippen molar-refractivity contribution in [3.8, 4) is 0 Å². The largest absolute Gasteiger partial charge is 0.476 e. The van der Waals surface area contributed by atoms with Gasteiger partial charge in [0.15, 0.2) is 11.3 Å². The van der Waals surface area contributed by atoms with Crippen LogP contribution in [-0.4, -0.2) is 63.8 Å². The highest BCUT2D eigenvalue weighted by atomic mass is 28.3. The van der Waals surface area contributed by atoms with E-state index in [2.05, 4.69) is 40.0 Å². The lowest BCUT2D eigenvalue weighted by atomic mass is 10.3. The SMILES string of the molecule is C[Si](C)(C)CCOCn1nc(C(=O)O)c2c(NCCO)ncnc21. The van der Waals surface area contributed by atoms with Gasteiger partial charge in [-0.15, -0.1) is 0 Å². The molecular formula is C14H23N5O4Si. The number of hydrogen-bond acceptors (Lipinski definition) is 7. The molecule has 0 unspecified atom stereocenters. The molecule has 0 aliphatic heterocycles. The second-order valence-corrected chi connectivity index (χ2v) is 12.2. The van der Waals surface area contributed by atoms with Crippen molar-refractivity contribution in [2.75, 3.05) is 25.1 Å². The Balaban J connectivity index is 2.26. The van der Waals surface area contributed by atoms with Crippen molar-refractivity contribution < 1.29 is 19.7 Å². The number of carboxylic acids is 1. The van der Waals surface area contributed by atoms with E-state index in [0.29, 0.717) is 23.5 Å². The molecule has 0 bridgehead atoms. The zero-order chi connectivity index (χ0) is 17.7. The Morgan fingerprint density at radius 2 is 2.12 bits per heavy atom. The first kappa shape index (κ1) is 18.3. The van der Waals surface area contributed by atoms with Gasteiger partial charge < -0.3 is 20.3 Å². The number of ether oxygens (including phenoxy) is 1. The van der Waals surface area contributed by atoms with E-state index in [4.69, 9.17) is 9.84 Å². The van der Waals surface area contributed by atoms with Gasteiger partial charge in [0.25, 0.3) is 0 Å². The monoisotopic (exact) mass is 353 g/mol. The first-order chi connectivity index (χ1) is 11.3. The van der Waals surface area contributed by atoms with Crippen LogP contribution >= 0.6 is 0 Å². The van der Waals surface area contributed by atoms with E-state index in [0.717, 1.165) is 6.04 Å². The summed E-state index contributed by atoms with van der Waals surface area (Å²) in [4.78, 5) is 19.6. The van der Waals surface area contributed by atoms with Crippen molar-refractivity contribution in [2.24, 2.45) is 0 Å². The molecule has 2 rings (SSSR count). The maximum Gasteiger partial charge on any atom is 0.357 e. The van der Waals surface area contributed by atoms with E-state index < -0.39 is 14.0 Å². The van der Waals surface area contributed by atoms with Crippen LogP contribution in [0.15, 0.2) is 6.33 Å². The molecule has 2 aromatic heterocycles. The Morgan fingerprint density at radius 1 is 1.38 bits per heavy atom. The molecule has 2 heterocycles. The molecule has 0 saturated heterocycles. The van der Waals surface area contributed by atoms with E-state index in [1.54, 1.807) is 0 Å². The molecule has 0 aliphatic rings. The predicted molar refractivity (Wildman–Crippen MR) is 92.0 cm³/mol. The molecule has 2 aromatic rings. The van der Waals surface area contributed by atoms with Crippen LogP contribution in [0.4, 0.5) is 5.82 Å². The van der Waals surface area contributed by atoms with Gasteiger partial charge >= 0.3 is 5.97 Å². The molecular weight excluding hydrogens is 330 g/mol. The van der Waals surface area contributed by atoms with E-state index in [1.165, 1.54) is 11.0 Å². The lowest BCUT2D eigenvalue weighted by Crippen LogP contribution is -2.22. The van der Waals surface area contributed by atoms with Gasteiger partial charge in [-0.3, -0.25) is 0 Å². The van der Waals surface area contributed by atoms with Crippen molar-refractivity contribution in [3.63, 3.8) is 0 Å². The van der Waals surface area contributed by atoms with Crippen LogP contribution in [0.1, 0.15) is 10.5 Å². The number of rotatable bonds is 9. The summed E-state index contributed by atoms with van der Waals surface area (Å²) >= 11 is 0. The molecule has 0 atom stereocenters. The van der Waals surface area contributed by atoms with Crippen molar-refractivity contribution in [3.05, 3.63) is 12.0 Å². The maximum absolute atomic E-state index is 11.5. The second-order valence-electron chi connectivity index (χ2n) is 6.57. The number of carboxylic acid groups (broad SMARTS) is 1. The van der Waals surface area contributed by atoms with Gasteiger partial charge in [0.2, 0.25) is 0 Å². The van der Waals surface area contributed by atoms with Crippen molar-refractivity contribution in [1.29, 1.82) is 0 Å². The van der Waals surface area contributed by atoms with Crippen LogP contribution in [0.2, 0.25) is 25.7 Å². The minimum Gasteiger partial charge on any atom is -0.476 e. The average Bonchev–Trinajstić information content (AvgIpc) is 2.88. The molecule has 3 N–H and O–H groups in total. The first-order valence-corrected chi connectivity index (χ1v) is 11.4. The number of aromatic carboxylic acids is 1. The van der Waals surface area contributed by atoms with E-state index in [-0.39, 0.29) is 25.6 Å². The molecule has 0 aliphatic carbocycles. The lowest BCUT2D eigenvalue weighted by Gasteiger charge is -2.15. The fraction of sp³-hybridized carbons (Fsp3) is 0.571. The first-order valence-electron chi connectivity index (χ1n) is 7.71. The summed E-state index contributed by atoms with van der Waals surface area (Å²) in [6.45, 7) is 7.66. The molecule has 0 aromatic carbocycles. The third kappa shape index (κ3) is 4.49. The molecule has 9 nitrogen and oxygen atoms in total. The fourth-order valence-electron chi connectivity index (χ4n) is 2.09. The molecule has 0 spiro atoms. The molecule has 0 fully saturated rings. The number of aliphatic hydroxyl groups excluding tert-OH is 1. The highest BCUT2D eigenvalue weighted by molar-refractivity contribution is 6.76. The predicted octanol–water partition coefficient (Wildman–Crippen LogP) is 1.24.